The number of anilines is 2. The SMILES string of the molecule is CC(CCNc1nc(NC(C)(C)C)ncc1[N+](=O)[O-])NC(=O)O. The van der Waals surface area contributed by atoms with Crippen LogP contribution >= 0.6 is 0 Å². The average molecular weight is 326 g/mol. The number of carbonyl (C=O) groups is 1. The van der Waals surface area contributed by atoms with E-state index >= 15 is 0 Å². The lowest BCUT2D eigenvalue weighted by Crippen LogP contribution is -2.32. The summed E-state index contributed by atoms with van der Waals surface area (Å²) in [6, 6.07) is -0.284. The summed E-state index contributed by atoms with van der Waals surface area (Å²) < 4.78 is 0. The second-order valence-electron chi connectivity index (χ2n) is 6.13. The lowest BCUT2D eigenvalue weighted by molar-refractivity contribution is -0.384. The first kappa shape index (κ1) is 18.4. The molecule has 1 aromatic heterocycles. The highest BCUT2D eigenvalue weighted by molar-refractivity contribution is 5.64. The van der Waals surface area contributed by atoms with Gasteiger partial charge in [-0.05, 0) is 34.1 Å². The second-order valence-corrected chi connectivity index (χ2v) is 6.13. The van der Waals surface area contributed by atoms with Crippen molar-refractivity contribution >= 4 is 23.5 Å². The van der Waals surface area contributed by atoms with Gasteiger partial charge in [-0.25, -0.2) is 9.78 Å². The first-order valence-corrected chi connectivity index (χ1v) is 7.11. The third-order valence-electron chi connectivity index (χ3n) is 2.69. The predicted octanol–water partition coefficient (Wildman–Crippen LogP) is 2.05. The largest absolute Gasteiger partial charge is 0.465 e. The Morgan fingerprint density at radius 1 is 1.48 bits per heavy atom. The van der Waals surface area contributed by atoms with E-state index in [-0.39, 0.29) is 29.0 Å². The van der Waals surface area contributed by atoms with Crippen LogP contribution in [0.25, 0.3) is 0 Å². The van der Waals surface area contributed by atoms with Gasteiger partial charge in [0.15, 0.2) is 0 Å². The Hall–Kier alpha value is -2.65. The normalized spacial score (nSPS) is 12.3. The summed E-state index contributed by atoms with van der Waals surface area (Å²) in [4.78, 5) is 29.0. The van der Waals surface area contributed by atoms with Crippen LogP contribution in [-0.2, 0) is 0 Å². The van der Waals surface area contributed by atoms with Gasteiger partial charge in [0.2, 0.25) is 11.8 Å². The van der Waals surface area contributed by atoms with Gasteiger partial charge in [0, 0.05) is 18.1 Å². The predicted molar refractivity (Wildman–Crippen MR) is 85.8 cm³/mol. The van der Waals surface area contributed by atoms with E-state index in [0.29, 0.717) is 13.0 Å². The van der Waals surface area contributed by atoms with Crippen molar-refractivity contribution in [2.75, 3.05) is 17.2 Å². The van der Waals surface area contributed by atoms with Crippen LogP contribution in [0.2, 0.25) is 0 Å². The zero-order chi connectivity index (χ0) is 17.6. The molecule has 0 fully saturated rings. The van der Waals surface area contributed by atoms with Crippen LogP contribution < -0.4 is 16.0 Å². The Morgan fingerprint density at radius 3 is 2.65 bits per heavy atom. The molecule has 1 aromatic rings. The number of nitro groups is 1. The van der Waals surface area contributed by atoms with Gasteiger partial charge in [-0.1, -0.05) is 0 Å². The van der Waals surface area contributed by atoms with Gasteiger partial charge in [0.1, 0.15) is 6.20 Å². The van der Waals surface area contributed by atoms with Crippen molar-refractivity contribution in [2.45, 2.75) is 45.7 Å². The highest BCUT2D eigenvalue weighted by Crippen LogP contribution is 2.23. The van der Waals surface area contributed by atoms with Gasteiger partial charge in [-0.3, -0.25) is 10.1 Å². The Kier molecular flexibility index (Phi) is 6.05. The summed E-state index contributed by atoms with van der Waals surface area (Å²) in [5, 5.41) is 27.9. The molecule has 0 aromatic carbocycles. The van der Waals surface area contributed by atoms with Gasteiger partial charge >= 0.3 is 11.8 Å². The van der Waals surface area contributed by atoms with E-state index in [1.54, 1.807) is 6.92 Å². The molecule has 0 saturated carbocycles. The molecule has 0 aliphatic rings. The van der Waals surface area contributed by atoms with Crippen LogP contribution in [0.4, 0.5) is 22.2 Å². The van der Waals surface area contributed by atoms with E-state index in [9.17, 15) is 14.9 Å². The number of nitrogens with one attached hydrogen (secondary N) is 3. The molecule has 0 aliphatic carbocycles. The fourth-order valence-electron chi connectivity index (χ4n) is 1.72. The number of carboxylic acid groups (broad SMARTS) is 1. The van der Waals surface area contributed by atoms with Crippen molar-refractivity contribution < 1.29 is 14.8 Å². The van der Waals surface area contributed by atoms with E-state index in [4.69, 9.17) is 5.11 Å². The summed E-state index contributed by atoms with van der Waals surface area (Å²) >= 11 is 0. The van der Waals surface area contributed by atoms with Crippen LogP contribution in [0.1, 0.15) is 34.1 Å². The summed E-state index contributed by atoms with van der Waals surface area (Å²) in [5.41, 5.74) is -0.517. The number of nitrogens with zero attached hydrogens (tertiary/aromatic N) is 3. The van der Waals surface area contributed by atoms with E-state index in [0.717, 1.165) is 6.20 Å². The molecule has 128 valence electrons. The standard InChI is InChI=1S/C13H22N6O4/c1-8(16-12(20)21)5-6-14-10-9(19(22)23)7-15-11(17-10)18-13(2,3)4/h7-8,16H,5-6H2,1-4H3,(H,20,21)(H2,14,15,17,18). The van der Waals surface area contributed by atoms with Crippen molar-refractivity contribution in [3.8, 4) is 0 Å². The van der Waals surface area contributed by atoms with Gasteiger partial charge < -0.3 is 21.1 Å². The van der Waals surface area contributed by atoms with Crippen molar-refractivity contribution in [1.29, 1.82) is 0 Å². The molecule has 1 rings (SSSR count). The molecule has 4 N–H and O–H groups in total. The molecular formula is C13H22N6O4. The Labute approximate surface area is 133 Å². The first-order valence-electron chi connectivity index (χ1n) is 7.11. The maximum Gasteiger partial charge on any atom is 0.404 e. The third kappa shape index (κ3) is 6.76. The molecule has 10 nitrogen and oxygen atoms in total. The van der Waals surface area contributed by atoms with Crippen molar-refractivity contribution in [3.05, 3.63) is 16.3 Å². The molecule has 10 heteroatoms. The van der Waals surface area contributed by atoms with Crippen LogP contribution in [0.5, 0.6) is 0 Å². The molecular weight excluding hydrogens is 304 g/mol. The van der Waals surface area contributed by atoms with Crippen molar-refractivity contribution in [2.24, 2.45) is 0 Å². The number of amides is 1. The molecule has 0 aliphatic heterocycles. The number of rotatable bonds is 7. The Balaban J connectivity index is 2.79. The lowest BCUT2D eigenvalue weighted by atomic mass is 10.1. The first-order chi connectivity index (χ1) is 10.6. The van der Waals surface area contributed by atoms with Crippen molar-refractivity contribution in [1.82, 2.24) is 15.3 Å². The maximum absolute atomic E-state index is 11.0. The van der Waals surface area contributed by atoms with Gasteiger partial charge in [-0.15, -0.1) is 0 Å². The molecule has 23 heavy (non-hydrogen) atoms. The monoisotopic (exact) mass is 326 g/mol. The topological polar surface area (TPSA) is 142 Å². The number of hydrogen-bond acceptors (Lipinski definition) is 7. The minimum atomic E-state index is -1.11. The highest BCUT2D eigenvalue weighted by atomic mass is 16.6. The summed E-state index contributed by atoms with van der Waals surface area (Å²) in [7, 11) is 0. The minimum absolute atomic E-state index is 0.0966. The van der Waals surface area contributed by atoms with Crippen LogP contribution in [-0.4, -0.2) is 44.2 Å². The van der Waals surface area contributed by atoms with Gasteiger partial charge in [-0.2, -0.15) is 4.98 Å². The number of aromatic nitrogens is 2. The fraction of sp³-hybridized carbons (Fsp3) is 0.615. The zero-order valence-corrected chi connectivity index (χ0v) is 13.6. The van der Waals surface area contributed by atoms with Crippen LogP contribution in [0.15, 0.2) is 6.20 Å². The fourth-order valence-corrected chi connectivity index (χ4v) is 1.72. The van der Waals surface area contributed by atoms with Gasteiger partial charge in [0.25, 0.3) is 0 Å². The molecule has 1 unspecified atom stereocenters. The lowest BCUT2D eigenvalue weighted by Gasteiger charge is -2.20. The Bertz CT molecular complexity index is 572. The summed E-state index contributed by atoms with van der Waals surface area (Å²) in [5.74, 6) is 0.376. The zero-order valence-electron chi connectivity index (χ0n) is 13.6. The van der Waals surface area contributed by atoms with E-state index < -0.39 is 11.0 Å². The quantitative estimate of drug-likeness (QED) is 0.440. The van der Waals surface area contributed by atoms with E-state index in [2.05, 4.69) is 25.9 Å². The molecule has 0 saturated heterocycles. The second kappa shape index (κ2) is 7.56. The van der Waals surface area contributed by atoms with E-state index in [1.165, 1.54) is 0 Å². The minimum Gasteiger partial charge on any atom is -0.465 e. The molecule has 0 radical (unpaired) electrons. The summed E-state index contributed by atoms with van der Waals surface area (Å²) in [6.07, 6.45) is 0.486. The molecule has 1 amide bonds. The van der Waals surface area contributed by atoms with E-state index in [1.807, 2.05) is 20.8 Å². The number of hydrogen-bond donors (Lipinski definition) is 4. The molecule has 1 heterocycles. The summed E-state index contributed by atoms with van der Waals surface area (Å²) in [6.45, 7) is 7.80. The molecule has 0 bridgehead atoms. The van der Waals surface area contributed by atoms with Crippen LogP contribution in [0.3, 0.4) is 0 Å². The Morgan fingerprint density at radius 2 is 2.13 bits per heavy atom. The highest BCUT2D eigenvalue weighted by Gasteiger charge is 2.19. The van der Waals surface area contributed by atoms with Gasteiger partial charge in [0.05, 0.1) is 4.92 Å². The molecule has 0 spiro atoms. The van der Waals surface area contributed by atoms with Crippen molar-refractivity contribution in [3.63, 3.8) is 0 Å². The maximum atomic E-state index is 11.0. The average Bonchev–Trinajstić information content (AvgIpc) is 2.35. The van der Waals surface area contributed by atoms with Crippen LogP contribution in [0, 0.1) is 10.1 Å². The smallest absolute Gasteiger partial charge is 0.404 e. The third-order valence-corrected chi connectivity index (χ3v) is 2.69. The molecule has 1 atom stereocenters.